The molecule has 0 radical (unpaired) electrons. The second kappa shape index (κ2) is 5.11. The molecule has 0 spiro atoms. The normalized spacial score (nSPS) is 12.5. The lowest BCUT2D eigenvalue weighted by Gasteiger charge is -2.13. The number of hydrogen-bond acceptors (Lipinski definition) is 2. The summed E-state index contributed by atoms with van der Waals surface area (Å²) in [5.74, 6) is 0. The van der Waals surface area contributed by atoms with Crippen LogP contribution < -0.4 is 0 Å². The van der Waals surface area contributed by atoms with E-state index in [1.54, 1.807) is 6.20 Å². The summed E-state index contributed by atoms with van der Waals surface area (Å²) in [5.41, 5.74) is 1.70. The van der Waals surface area contributed by atoms with Gasteiger partial charge in [-0.25, -0.2) is 0 Å². The molecule has 0 saturated heterocycles. The molecule has 0 aliphatic carbocycles. The second-order valence-electron chi connectivity index (χ2n) is 4.40. The SMILES string of the molecule is OC(c1ccc(Br)cc1)c1cncc2ccccc12. The van der Waals surface area contributed by atoms with Crippen molar-refractivity contribution in [2.24, 2.45) is 0 Å². The molecule has 0 aliphatic heterocycles. The van der Waals surface area contributed by atoms with Gasteiger partial charge in [-0.3, -0.25) is 4.98 Å². The van der Waals surface area contributed by atoms with Crippen LogP contribution in [0.2, 0.25) is 0 Å². The van der Waals surface area contributed by atoms with Gasteiger partial charge in [-0.2, -0.15) is 0 Å². The van der Waals surface area contributed by atoms with Gasteiger partial charge in [-0.15, -0.1) is 0 Å². The van der Waals surface area contributed by atoms with Gasteiger partial charge in [0.05, 0.1) is 0 Å². The number of halogens is 1. The van der Waals surface area contributed by atoms with Crippen LogP contribution >= 0.6 is 15.9 Å². The molecular weight excluding hydrogens is 302 g/mol. The highest BCUT2D eigenvalue weighted by molar-refractivity contribution is 9.10. The van der Waals surface area contributed by atoms with Crippen molar-refractivity contribution in [3.8, 4) is 0 Å². The molecule has 0 saturated carbocycles. The summed E-state index contributed by atoms with van der Waals surface area (Å²) in [4.78, 5) is 4.21. The largest absolute Gasteiger partial charge is 0.384 e. The summed E-state index contributed by atoms with van der Waals surface area (Å²) in [6, 6.07) is 15.6. The van der Waals surface area contributed by atoms with Crippen molar-refractivity contribution < 1.29 is 5.11 Å². The van der Waals surface area contributed by atoms with E-state index in [0.717, 1.165) is 26.4 Å². The van der Waals surface area contributed by atoms with E-state index in [1.807, 2.05) is 54.7 Å². The molecule has 1 atom stereocenters. The fraction of sp³-hybridized carbons (Fsp3) is 0.0625. The zero-order chi connectivity index (χ0) is 13.2. The number of aliphatic hydroxyl groups excluding tert-OH is 1. The Morgan fingerprint density at radius 3 is 2.47 bits per heavy atom. The van der Waals surface area contributed by atoms with Crippen molar-refractivity contribution in [3.05, 3.63) is 76.5 Å². The van der Waals surface area contributed by atoms with Gasteiger partial charge in [0.15, 0.2) is 0 Å². The van der Waals surface area contributed by atoms with E-state index in [9.17, 15) is 5.11 Å². The highest BCUT2D eigenvalue weighted by Crippen LogP contribution is 2.28. The fourth-order valence-electron chi connectivity index (χ4n) is 2.18. The Morgan fingerprint density at radius 1 is 0.947 bits per heavy atom. The van der Waals surface area contributed by atoms with Gasteiger partial charge in [0.25, 0.3) is 0 Å². The third-order valence-electron chi connectivity index (χ3n) is 3.18. The average Bonchev–Trinajstić information content (AvgIpc) is 2.47. The van der Waals surface area contributed by atoms with Gasteiger partial charge in [0, 0.05) is 27.8 Å². The van der Waals surface area contributed by atoms with Crippen LogP contribution in [0.25, 0.3) is 10.8 Å². The molecular formula is C16H12BrNO. The molecule has 2 nitrogen and oxygen atoms in total. The number of aliphatic hydroxyl groups is 1. The second-order valence-corrected chi connectivity index (χ2v) is 5.32. The van der Waals surface area contributed by atoms with Crippen molar-refractivity contribution in [3.63, 3.8) is 0 Å². The minimum atomic E-state index is -0.660. The van der Waals surface area contributed by atoms with Crippen LogP contribution in [0.5, 0.6) is 0 Å². The van der Waals surface area contributed by atoms with E-state index in [-0.39, 0.29) is 0 Å². The van der Waals surface area contributed by atoms with Crippen LogP contribution in [0.15, 0.2) is 65.4 Å². The molecule has 1 aromatic heterocycles. The maximum absolute atomic E-state index is 10.5. The summed E-state index contributed by atoms with van der Waals surface area (Å²) < 4.78 is 1.000. The standard InChI is InChI=1S/C16H12BrNO/c17-13-7-5-11(6-8-13)16(19)15-10-18-9-12-3-1-2-4-14(12)15/h1-10,16,19H. The molecule has 19 heavy (non-hydrogen) atoms. The van der Waals surface area contributed by atoms with E-state index in [2.05, 4.69) is 20.9 Å². The minimum Gasteiger partial charge on any atom is -0.384 e. The monoisotopic (exact) mass is 313 g/mol. The van der Waals surface area contributed by atoms with E-state index < -0.39 is 6.10 Å². The quantitative estimate of drug-likeness (QED) is 0.773. The minimum absolute atomic E-state index is 0.660. The molecule has 0 bridgehead atoms. The van der Waals surface area contributed by atoms with Crippen LogP contribution in [0.1, 0.15) is 17.2 Å². The van der Waals surface area contributed by atoms with Crippen molar-refractivity contribution in [2.45, 2.75) is 6.10 Å². The number of fused-ring (bicyclic) bond motifs is 1. The van der Waals surface area contributed by atoms with Gasteiger partial charge in [-0.05, 0) is 23.1 Å². The Bertz CT molecular complexity index is 704. The summed E-state index contributed by atoms with van der Waals surface area (Å²) >= 11 is 3.40. The average molecular weight is 314 g/mol. The number of pyridine rings is 1. The highest BCUT2D eigenvalue weighted by atomic mass is 79.9. The number of nitrogens with zero attached hydrogens (tertiary/aromatic N) is 1. The van der Waals surface area contributed by atoms with E-state index in [4.69, 9.17) is 0 Å². The molecule has 3 aromatic rings. The number of rotatable bonds is 2. The van der Waals surface area contributed by atoms with Crippen molar-refractivity contribution in [1.29, 1.82) is 0 Å². The molecule has 3 heteroatoms. The summed E-state index contributed by atoms with van der Waals surface area (Å²) in [6.45, 7) is 0. The Morgan fingerprint density at radius 2 is 1.68 bits per heavy atom. The molecule has 94 valence electrons. The number of aromatic nitrogens is 1. The van der Waals surface area contributed by atoms with E-state index in [0.29, 0.717) is 0 Å². The maximum Gasteiger partial charge on any atom is 0.106 e. The van der Waals surface area contributed by atoms with Crippen LogP contribution in [0, 0.1) is 0 Å². The van der Waals surface area contributed by atoms with Crippen molar-refractivity contribution >= 4 is 26.7 Å². The molecule has 1 unspecified atom stereocenters. The first-order valence-electron chi connectivity index (χ1n) is 6.02. The van der Waals surface area contributed by atoms with E-state index in [1.165, 1.54) is 0 Å². The van der Waals surface area contributed by atoms with Crippen LogP contribution in [0.4, 0.5) is 0 Å². The molecule has 0 amide bonds. The van der Waals surface area contributed by atoms with Crippen molar-refractivity contribution in [1.82, 2.24) is 4.98 Å². The highest BCUT2D eigenvalue weighted by Gasteiger charge is 2.13. The van der Waals surface area contributed by atoms with Gasteiger partial charge in [-0.1, -0.05) is 52.3 Å². The first kappa shape index (κ1) is 12.3. The van der Waals surface area contributed by atoms with Crippen LogP contribution in [-0.4, -0.2) is 10.1 Å². The third kappa shape index (κ3) is 2.39. The molecule has 0 aliphatic rings. The zero-order valence-electron chi connectivity index (χ0n) is 10.1. The maximum atomic E-state index is 10.5. The Balaban J connectivity index is 2.11. The smallest absolute Gasteiger partial charge is 0.106 e. The molecule has 0 fully saturated rings. The Labute approximate surface area is 119 Å². The number of benzene rings is 2. The van der Waals surface area contributed by atoms with Crippen LogP contribution in [0.3, 0.4) is 0 Å². The molecule has 1 heterocycles. The van der Waals surface area contributed by atoms with Gasteiger partial charge < -0.3 is 5.11 Å². The molecule has 3 rings (SSSR count). The lowest BCUT2D eigenvalue weighted by Crippen LogP contribution is -2.01. The molecule has 1 N–H and O–H groups in total. The topological polar surface area (TPSA) is 33.1 Å². The predicted molar refractivity (Wildman–Crippen MR) is 79.9 cm³/mol. The van der Waals surface area contributed by atoms with Gasteiger partial charge in [0.1, 0.15) is 6.10 Å². The van der Waals surface area contributed by atoms with E-state index >= 15 is 0 Å². The van der Waals surface area contributed by atoms with Crippen LogP contribution in [-0.2, 0) is 0 Å². The van der Waals surface area contributed by atoms with Gasteiger partial charge >= 0.3 is 0 Å². The predicted octanol–water partition coefficient (Wildman–Crippen LogP) is 4.08. The lowest BCUT2D eigenvalue weighted by molar-refractivity contribution is 0.221. The van der Waals surface area contributed by atoms with Gasteiger partial charge in [0.2, 0.25) is 0 Å². The number of hydrogen-bond donors (Lipinski definition) is 1. The zero-order valence-corrected chi connectivity index (χ0v) is 11.7. The Kier molecular flexibility index (Phi) is 3.32. The molecule has 2 aromatic carbocycles. The first-order chi connectivity index (χ1) is 9.25. The summed E-state index contributed by atoms with van der Waals surface area (Å²) in [5, 5.41) is 12.6. The third-order valence-corrected chi connectivity index (χ3v) is 3.71. The fourth-order valence-corrected chi connectivity index (χ4v) is 2.45. The lowest BCUT2D eigenvalue weighted by atomic mass is 9.98. The first-order valence-corrected chi connectivity index (χ1v) is 6.81. The summed E-state index contributed by atoms with van der Waals surface area (Å²) in [6.07, 6.45) is 2.88. The Hall–Kier alpha value is -1.71. The summed E-state index contributed by atoms with van der Waals surface area (Å²) in [7, 11) is 0. The van der Waals surface area contributed by atoms with Crippen molar-refractivity contribution in [2.75, 3.05) is 0 Å².